The predicted molar refractivity (Wildman–Crippen MR) is 48.6 cm³/mol. The molecule has 1 aliphatic rings. The normalized spacial score (nSPS) is 21.0. The van der Waals surface area contributed by atoms with E-state index in [-0.39, 0.29) is 6.04 Å². The zero-order valence-corrected chi connectivity index (χ0v) is 7.17. The van der Waals surface area contributed by atoms with Crippen LogP contribution in [0.5, 0.6) is 0 Å². The lowest BCUT2D eigenvalue weighted by Crippen LogP contribution is -2.07. The number of fused-ring (bicyclic) bond motifs is 1. The van der Waals surface area contributed by atoms with E-state index in [0.29, 0.717) is 5.82 Å². The van der Waals surface area contributed by atoms with Crippen molar-refractivity contribution in [1.29, 1.82) is 0 Å². The van der Waals surface area contributed by atoms with Crippen LogP contribution < -0.4 is 11.5 Å². The van der Waals surface area contributed by atoms with Gasteiger partial charge in [0.1, 0.15) is 5.82 Å². The molecule has 0 amide bonds. The first kappa shape index (κ1) is 7.55. The van der Waals surface area contributed by atoms with Crippen molar-refractivity contribution in [3.8, 4) is 0 Å². The van der Waals surface area contributed by atoms with E-state index in [1.165, 1.54) is 5.56 Å². The van der Waals surface area contributed by atoms with Crippen LogP contribution in [0, 0.1) is 6.92 Å². The van der Waals surface area contributed by atoms with Crippen molar-refractivity contribution in [2.45, 2.75) is 25.8 Å². The van der Waals surface area contributed by atoms with Gasteiger partial charge in [-0.2, -0.15) is 0 Å². The number of nitrogens with zero attached hydrogens (tertiary/aromatic N) is 1. The summed E-state index contributed by atoms with van der Waals surface area (Å²) in [4.78, 5) is 4.20. The summed E-state index contributed by atoms with van der Waals surface area (Å²) in [7, 11) is 0. The summed E-state index contributed by atoms with van der Waals surface area (Å²) in [6.45, 7) is 1.95. The molecule has 12 heavy (non-hydrogen) atoms. The number of hydrogen-bond donors (Lipinski definition) is 2. The molecule has 0 bridgehead atoms. The zero-order valence-electron chi connectivity index (χ0n) is 7.17. The number of nitrogens with two attached hydrogens (primary N) is 2. The van der Waals surface area contributed by atoms with E-state index in [4.69, 9.17) is 11.5 Å². The molecule has 1 atom stereocenters. The van der Waals surface area contributed by atoms with E-state index >= 15 is 0 Å². The minimum Gasteiger partial charge on any atom is -0.383 e. The Morgan fingerprint density at radius 1 is 1.58 bits per heavy atom. The van der Waals surface area contributed by atoms with Gasteiger partial charge in [-0.25, -0.2) is 4.98 Å². The van der Waals surface area contributed by atoms with Crippen LogP contribution in [0.15, 0.2) is 6.07 Å². The molecule has 1 aromatic heterocycles. The largest absolute Gasteiger partial charge is 0.383 e. The minimum absolute atomic E-state index is 0.170. The summed E-state index contributed by atoms with van der Waals surface area (Å²) in [6, 6.07) is 2.22. The summed E-state index contributed by atoms with van der Waals surface area (Å²) >= 11 is 0. The summed E-state index contributed by atoms with van der Waals surface area (Å²) in [5.41, 5.74) is 15.0. The Morgan fingerprint density at radius 3 is 3.08 bits per heavy atom. The van der Waals surface area contributed by atoms with Gasteiger partial charge in [-0.3, -0.25) is 0 Å². The van der Waals surface area contributed by atoms with Crippen LogP contribution in [0.4, 0.5) is 5.82 Å². The van der Waals surface area contributed by atoms with Gasteiger partial charge < -0.3 is 11.5 Å². The van der Waals surface area contributed by atoms with Gasteiger partial charge in [0.15, 0.2) is 0 Å². The number of pyridine rings is 1. The number of aromatic nitrogens is 1. The van der Waals surface area contributed by atoms with Crippen LogP contribution in [0.1, 0.15) is 29.3 Å². The Hall–Kier alpha value is -1.09. The van der Waals surface area contributed by atoms with Crippen molar-refractivity contribution in [2.75, 3.05) is 5.73 Å². The number of anilines is 1. The van der Waals surface area contributed by atoms with Crippen molar-refractivity contribution in [3.63, 3.8) is 0 Å². The zero-order chi connectivity index (χ0) is 8.72. The molecule has 4 N–H and O–H groups in total. The second kappa shape index (κ2) is 2.45. The minimum atomic E-state index is 0.170. The van der Waals surface area contributed by atoms with Crippen LogP contribution in [0.25, 0.3) is 0 Å². The molecule has 0 saturated carbocycles. The SMILES string of the molecule is Cc1cc2c(c(N)n1)CCC2N. The molecule has 0 fully saturated rings. The van der Waals surface area contributed by atoms with E-state index < -0.39 is 0 Å². The van der Waals surface area contributed by atoms with Gasteiger partial charge in [0, 0.05) is 11.7 Å². The van der Waals surface area contributed by atoms with Crippen LogP contribution >= 0.6 is 0 Å². The monoisotopic (exact) mass is 163 g/mol. The van der Waals surface area contributed by atoms with Gasteiger partial charge in [-0.15, -0.1) is 0 Å². The molecule has 1 unspecified atom stereocenters. The lowest BCUT2D eigenvalue weighted by molar-refractivity contribution is 0.713. The van der Waals surface area contributed by atoms with E-state index in [9.17, 15) is 0 Å². The van der Waals surface area contributed by atoms with E-state index in [1.54, 1.807) is 0 Å². The molecule has 3 nitrogen and oxygen atoms in total. The van der Waals surface area contributed by atoms with Gasteiger partial charge in [-0.05, 0) is 37.0 Å². The molecule has 0 aliphatic heterocycles. The molecule has 1 heterocycles. The molecule has 0 saturated heterocycles. The standard InChI is InChI=1S/C9H13N3/c1-5-4-7-6(9(11)12-5)2-3-8(7)10/h4,8H,2-3,10H2,1H3,(H2,11,12). The first-order valence-electron chi connectivity index (χ1n) is 4.20. The number of nitrogen functional groups attached to an aromatic ring is 1. The molecule has 1 aliphatic carbocycles. The summed E-state index contributed by atoms with van der Waals surface area (Å²) in [5.74, 6) is 0.665. The van der Waals surface area contributed by atoms with Gasteiger partial charge >= 0.3 is 0 Å². The van der Waals surface area contributed by atoms with Crippen molar-refractivity contribution in [2.24, 2.45) is 5.73 Å². The molecule has 2 rings (SSSR count). The highest BCUT2D eigenvalue weighted by Crippen LogP contribution is 2.32. The number of aryl methyl sites for hydroxylation is 1. The molecule has 0 radical (unpaired) electrons. The fraction of sp³-hybridized carbons (Fsp3) is 0.444. The lowest BCUT2D eigenvalue weighted by Gasteiger charge is -2.06. The Morgan fingerprint density at radius 2 is 2.33 bits per heavy atom. The third-order valence-corrected chi connectivity index (χ3v) is 2.42. The summed E-state index contributed by atoms with van der Waals surface area (Å²) in [6.07, 6.45) is 1.99. The molecule has 1 aromatic rings. The van der Waals surface area contributed by atoms with Crippen molar-refractivity contribution >= 4 is 5.82 Å². The summed E-state index contributed by atoms with van der Waals surface area (Å²) < 4.78 is 0. The molecule has 0 spiro atoms. The summed E-state index contributed by atoms with van der Waals surface area (Å²) in [5, 5.41) is 0. The number of rotatable bonds is 0. The van der Waals surface area contributed by atoms with Crippen molar-refractivity contribution < 1.29 is 0 Å². The van der Waals surface area contributed by atoms with Gasteiger partial charge in [0.2, 0.25) is 0 Å². The van der Waals surface area contributed by atoms with Crippen LogP contribution in [0.3, 0.4) is 0 Å². The maximum atomic E-state index is 5.90. The topological polar surface area (TPSA) is 64.9 Å². The Kier molecular flexibility index (Phi) is 1.54. The molecular formula is C9H13N3. The average Bonchev–Trinajstić information content (AvgIpc) is 2.33. The molecular weight excluding hydrogens is 150 g/mol. The quantitative estimate of drug-likeness (QED) is 0.597. The molecule has 3 heteroatoms. The lowest BCUT2D eigenvalue weighted by atomic mass is 10.1. The van der Waals surface area contributed by atoms with Crippen LogP contribution in [-0.4, -0.2) is 4.98 Å². The fourth-order valence-electron chi connectivity index (χ4n) is 1.81. The second-order valence-corrected chi connectivity index (χ2v) is 3.36. The third-order valence-electron chi connectivity index (χ3n) is 2.42. The highest BCUT2D eigenvalue weighted by molar-refractivity contribution is 5.49. The Labute approximate surface area is 71.8 Å². The Bertz CT molecular complexity index is 320. The van der Waals surface area contributed by atoms with Crippen molar-refractivity contribution in [3.05, 3.63) is 22.9 Å². The molecule has 64 valence electrons. The Balaban J connectivity index is 2.60. The van der Waals surface area contributed by atoms with E-state index in [1.807, 2.05) is 13.0 Å². The maximum absolute atomic E-state index is 5.90. The highest BCUT2D eigenvalue weighted by Gasteiger charge is 2.21. The first-order valence-corrected chi connectivity index (χ1v) is 4.20. The van der Waals surface area contributed by atoms with E-state index in [0.717, 1.165) is 24.1 Å². The van der Waals surface area contributed by atoms with Gasteiger partial charge in [-0.1, -0.05) is 0 Å². The van der Waals surface area contributed by atoms with Crippen LogP contribution in [-0.2, 0) is 6.42 Å². The first-order chi connectivity index (χ1) is 5.68. The van der Waals surface area contributed by atoms with Crippen molar-refractivity contribution in [1.82, 2.24) is 4.98 Å². The smallest absolute Gasteiger partial charge is 0.127 e. The van der Waals surface area contributed by atoms with Crippen LogP contribution in [0.2, 0.25) is 0 Å². The highest BCUT2D eigenvalue weighted by atomic mass is 14.9. The van der Waals surface area contributed by atoms with Gasteiger partial charge in [0.25, 0.3) is 0 Å². The fourth-order valence-corrected chi connectivity index (χ4v) is 1.81. The second-order valence-electron chi connectivity index (χ2n) is 3.36. The van der Waals surface area contributed by atoms with Gasteiger partial charge in [0.05, 0.1) is 0 Å². The average molecular weight is 163 g/mol. The number of hydrogen-bond acceptors (Lipinski definition) is 3. The maximum Gasteiger partial charge on any atom is 0.127 e. The van der Waals surface area contributed by atoms with E-state index in [2.05, 4.69) is 4.98 Å². The third kappa shape index (κ3) is 0.975. The molecule has 0 aromatic carbocycles. The predicted octanol–water partition coefficient (Wildman–Crippen LogP) is 0.918.